The standard InChI is InChI=1S/C21H21N3O2S/c1-25-18-5-3-6-19(26-2)16(18)13-24-12-15-9-8-14(20-7-4-10-27-20)11-17(15)23-21(24)22/h3-11H,12-13H2,1-2H3,(H2,22,23)/p+1. The fourth-order valence-electron chi connectivity index (χ4n) is 3.35. The average Bonchev–Trinajstić information content (AvgIpc) is 3.23. The van der Waals surface area contributed by atoms with Crippen LogP contribution in [0.25, 0.3) is 10.4 Å². The number of nitrogens with zero attached hydrogens (tertiary/aromatic N) is 1. The molecule has 2 aromatic carbocycles. The predicted octanol–water partition coefficient (Wildman–Crippen LogP) is 3.89. The minimum absolute atomic E-state index is 0.595. The van der Waals surface area contributed by atoms with Gasteiger partial charge in [-0.1, -0.05) is 24.3 Å². The highest BCUT2D eigenvalue weighted by Crippen LogP contribution is 2.32. The van der Waals surface area contributed by atoms with E-state index in [-0.39, 0.29) is 0 Å². The molecule has 1 aromatic heterocycles. The summed E-state index contributed by atoms with van der Waals surface area (Å²) in [4.78, 5) is 1.25. The van der Waals surface area contributed by atoms with E-state index >= 15 is 0 Å². The first-order valence-corrected chi connectivity index (χ1v) is 9.58. The molecule has 1 aliphatic rings. The summed E-state index contributed by atoms with van der Waals surface area (Å²) in [6.07, 6.45) is 0. The summed E-state index contributed by atoms with van der Waals surface area (Å²) >= 11 is 1.73. The van der Waals surface area contributed by atoms with Gasteiger partial charge in [0.15, 0.2) is 0 Å². The van der Waals surface area contributed by atoms with E-state index in [0.29, 0.717) is 12.5 Å². The van der Waals surface area contributed by atoms with Gasteiger partial charge in [-0.15, -0.1) is 11.3 Å². The normalized spacial score (nSPS) is 13.1. The van der Waals surface area contributed by atoms with Crippen LogP contribution in [0.1, 0.15) is 11.1 Å². The summed E-state index contributed by atoms with van der Waals surface area (Å²) in [5.74, 6) is 2.21. The third-order valence-electron chi connectivity index (χ3n) is 4.76. The monoisotopic (exact) mass is 380 g/mol. The molecule has 0 saturated heterocycles. The summed E-state index contributed by atoms with van der Waals surface area (Å²) in [5, 5.41) is 5.44. The highest BCUT2D eigenvalue weighted by molar-refractivity contribution is 7.13. The second kappa shape index (κ2) is 7.32. The predicted molar refractivity (Wildman–Crippen MR) is 110 cm³/mol. The van der Waals surface area contributed by atoms with Crippen molar-refractivity contribution in [1.29, 1.82) is 0 Å². The molecular weight excluding hydrogens is 358 g/mol. The number of thiophene rings is 1. The van der Waals surface area contributed by atoms with Gasteiger partial charge in [0.1, 0.15) is 17.2 Å². The molecular formula is C21H22N3O2S+. The second-order valence-electron chi connectivity index (χ2n) is 6.36. The minimum atomic E-state index is 0.595. The molecule has 27 heavy (non-hydrogen) atoms. The van der Waals surface area contributed by atoms with Crippen molar-refractivity contribution in [3.8, 4) is 21.9 Å². The molecule has 1 aliphatic heterocycles. The molecule has 4 rings (SSSR count). The molecule has 3 N–H and O–H groups in total. The first-order chi connectivity index (χ1) is 13.2. The molecule has 3 aromatic rings. The van der Waals surface area contributed by atoms with Crippen molar-refractivity contribution in [1.82, 2.24) is 0 Å². The van der Waals surface area contributed by atoms with E-state index in [0.717, 1.165) is 29.3 Å². The molecule has 6 heteroatoms. The van der Waals surface area contributed by atoms with Crippen LogP contribution in [0.4, 0.5) is 5.69 Å². The Kier molecular flexibility index (Phi) is 4.73. The Bertz CT molecular complexity index is 974. The lowest BCUT2D eigenvalue weighted by atomic mass is 10.1. The summed E-state index contributed by atoms with van der Waals surface area (Å²) in [6.45, 7) is 1.32. The van der Waals surface area contributed by atoms with Crippen LogP contribution < -0.4 is 20.5 Å². The molecule has 0 bridgehead atoms. The fourth-order valence-corrected chi connectivity index (χ4v) is 4.07. The quantitative estimate of drug-likeness (QED) is 0.660. The van der Waals surface area contributed by atoms with Gasteiger partial charge in [-0.3, -0.25) is 10.3 Å². The summed E-state index contributed by atoms with van der Waals surface area (Å²) in [6, 6.07) is 16.5. The zero-order valence-electron chi connectivity index (χ0n) is 15.4. The molecule has 0 saturated carbocycles. The number of methoxy groups -OCH3 is 2. The number of fused-ring (bicyclic) bond motifs is 1. The zero-order valence-corrected chi connectivity index (χ0v) is 16.2. The first kappa shape index (κ1) is 17.4. The van der Waals surface area contributed by atoms with Crippen molar-refractivity contribution in [3.05, 3.63) is 65.0 Å². The van der Waals surface area contributed by atoms with Gasteiger partial charge in [-0.25, -0.2) is 5.32 Å². The molecule has 0 unspecified atom stereocenters. The Hall–Kier alpha value is -2.99. The molecule has 0 spiro atoms. The van der Waals surface area contributed by atoms with Crippen LogP contribution >= 0.6 is 11.3 Å². The van der Waals surface area contributed by atoms with Gasteiger partial charge < -0.3 is 9.47 Å². The second-order valence-corrected chi connectivity index (χ2v) is 7.30. The number of nitrogens with one attached hydrogen (secondary N) is 1. The van der Waals surface area contributed by atoms with Crippen LogP contribution in [0.2, 0.25) is 0 Å². The van der Waals surface area contributed by atoms with Gasteiger partial charge in [0, 0.05) is 10.4 Å². The van der Waals surface area contributed by atoms with Crippen molar-refractivity contribution in [2.24, 2.45) is 5.73 Å². The summed E-state index contributed by atoms with van der Waals surface area (Å²) in [7, 11) is 3.34. The van der Waals surface area contributed by atoms with Gasteiger partial charge in [-0.2, -0.15) is 0 Å². The molecule has 5 nitrogen and oxygen atoms in total. The van der Waals surface area contributed by atoms with E-state index in [1.165, 1.54) is 16.0 Å². The smallest absolute Gasteiger partial charge is 0.348 e. The number of benzene rings is 2. The first-order valence-electron chi connectivity index (χ1n) is 8.70. The molecule has 138 valence electrons. The largest absolute Gasteiger partial charge is 0.496 e. The van der Waals surface area contributed by atoms with Crippen molar-refractivity contribution in [2.75, 3.05) is 19.5 Å². The Labute approximate surface area is 162 Å². The molecule has 0 aliphatic carbocycles. The summed E-state index contributed by atoms with van der Waals surface area (Å²) < 4.78 is 13.1. The van der Waals surface area contributed by atoms with Crippen molar-refractivity contribution >= 4 is 23.0 Å². The highest BCUT2D eigenvalue weighted by Gasteiger charge is 2.23. The van der Waals surface area contributed by atoms with Gasteiger partial charge >= 0.3 is 5.96 Å². The number of anilines is 1. The van der Waals surface area contributed by atoms with Gasteiger partial charge in [-0.05, 0) is 35.2 Å². The van der Waals surface area contributed by atoms with E-state index in [2.05, 4.69) is 45.6 Å². The Balaban J connectivity index is 1.64. The van der Waals surface area contributed by atoms with Crippen molar-refractivity contribution in [3.63, 3.8) is 0 Å². The van der Waals surface area contributed by atoms with Crippen LogP contribution in [0.3, 0.4) is 0 Å². The van der Waals surface area contributed by atoms with Crippen LogP contribution in [-0.4, -0.2) is 24.8 Å². The van der Waals surface area contributed by atoms with Crippen LogP contribution in [0.15, 0.2) is 53.9 Å². The van der Waals surface area contributed by atoms with Crippen molar-refractivity contribution < 1.29 is 14.0 Å². The van der Waals surface area contributed by atoms with Gasteiger partial charge in [0.05, 0.1) is 32.9 Å². The summed E-state index contributed by atoms with van der Waals surface area (Å²) in [5.41, 5.74) is 10.8. The minimum Gasteiger partial charge on any atom is -0.496 e. The van der Waals surface area contributed by atoms with Crippen LogP contribution in [0.5, 0.6) is 11.5 Å². The van der Waals surface area contributed by atoms with E-state index in [1.807, 2.05) is 18.2 Å². The molecule has 0 fully saturated rings. The number of guanidine groups is 1. The third kappa shape index (κ3) is 3.36. The maximum absolute atomic E-state index is 6.35. The van der Waals surface area contributed by atoms with E-state index in [4.69, 9.17) is 15.2 Å². The van der Waals surface area contributed by atoms with Gasteiger partial charge in [0.2, 0.25) is 0 Å². The number of hydrogen-bond donors (Lipinski definition) is 2. The zero-order chi connectivity index (χ0) is 18.8. The number of rotatable bonds is 5. The maximum atomic E-state index is 6.35. The van der Waals surface area contributed by atoms with Gasteiger partial charge in [0.25, 0.3) is 0 Å². The lowest BCUT2D eigenvalue weighted by molar-refractivity contribution is -0.562. The van der Waals surface area contributed by atoms with Crippen LogP contribution in [0, 0.1) is 0 Å². The topological polar surface area (TPSA) is 59.5 Å². The molecule has 0 amide bonds. The third-order valence-corrected chi connectivity index (χ3v) is 5.68. The average molecular weight is 380 g/mol. The highest BCUT2D eigenvalue weighted by atomic mass is 32.1. The van der Waals surface area contributed by atoms with E-state index in [1.54, 1.807) is 25.6 Å². The number of ether oxygens (including phenoxy) is 2. The number of hydrogen-bond acceptors (Lipinski definition) is 5. The van der Waals surface area contributed by atoms with Crippen molar-refractivity contribution in [2.45, 2.75) is 13.1 Å². The number of nitrogens with two attached hydrogens (primary N) is 1. The Morgan fingerprint density at radius 2 is 1.85 bits per heavy atom. The Morgan fingerprint density at radius 3 is 2.52 bits per heavy atom. The molecule has 2 heterocycles. The molecule has 0 atom stereocenters. The maximum Gasteiger partial charge on any atom is 0.348 e. The Morgan fingerprint density at radius 1 is 1.07 bits per heavy atom. The van der Waals surface area contributed by atoms with E-state index < -0.39 is 0 Å². The SMILES string of the molecule is COc1cccc(OC)c1C[N+]1=C(N)Nc2cc(-c3cccs3)ccc2C1. The van der Waals surface area contributed by atoms with E-state index in [9.17, 15) is 0 Å². The molecule has 0 radical (unpaired) electrons. The lowest BCUT2D eigenvalue weighted by Gasteiger charge is -2.21. The lowest BCUT2D eigenvalue weighted by Crippen LogP contribution is -2.38. The fraction of sp³-hybridized carbons (Fsp3) is 0.190. The van der Waals surface area contributed by atoms with Crippen LogP contribution in [-0.2, 0) is 13.1 Å².